The molecule has 0 spiro atoms. The highest BCUT2D eigenvalue weighted by molar-refractivity contribution is 6.38. The summed E-state index contributed by atoms with van der Waals surface area (Å²) in [7, 11) is 0. The molecule has 2 heterocycles. The predicted octanol–water partition coefficient (Wildman–Crippen LogP) is 3.67. The Morgan fingerprint density at radius 1 is 1.18 bits per heavy atom. The summed E-state index contributed by atoms with van der Waals surface area (Å²) < 4.78 is 6.64. The molecule has 3 aromatic rings. The van der Waals surface area contributed by atoms with Gasteiger partial charge in [0.15, 0.2) is 0 Å². The van der Waals surface area contributed by atoms with Gasteiger partial charge in [-0.15, -0.1) is 0 Å². The molecular weight excluding hydrogens is 467 g/mol. The fourth-order valence-corrected chi connectivity index (χ4v) is 3.68. The number of amides is 1. The Hall–Kier alpha value is -3.14. The molecular formula is C22H24Cl2N6O3. The third kappa shape index (κ3) is 5.81. The second kappa shape index (κ2) is 11.1. The maximum Gasteiger partial charge on any atom is 0.273 e. The smallest absolute Gasteiger partial charge is 0.273 e. The number of hydrogen-bond acceptors (Lipinski definition) is 7. The van der Waals surface area contributed by atoms with Crippen molar-refractivity contribution in [2.45, 2.75) is 26.8 Å². The van der Waals surface area contributed by atoms with Gasteiger partial charge in [-0.3, -0.25) is 19.1 Å². The summed E-state index contributed by atoms with van der Waals surface area (Å²) in [6.07, 6.45) is 5.14. The minimum atomic E-state index is -0.725. The molecule has 0 bridgehead atoms. The molecule has 0 saturated heterocycles. The topological polar surface area (TPSA) is 124 Å². The molecule has 9 nitrogen and oxygen atoms in total. The van der Waals surface area contributed by atoms with E-state index in [1.165, 1.54) is 12.5 Å². The summed E-state index contributed by atoms with van der Waals surface area (Å²) in [5.74, 6) is -0.479. The second-order valence-corrected chi connectivity index (χ2v) is 7.89. The van der Waals surface area contributed by atoms with Crippen LogP contribution in [-0.4, -0.2) is 33.6 Å². The third-order valence-electron chi connectivity index (χ3n) is 4.56. The van der Waals surface area contributed by atoms with E-state index in [0.717, 1.165) is 23.1 Å². The molecule has 3 rings (SSSR count). The van der Waals surface area contributed by atoms with E-state index in [0.29, 0.717) is 24.6 Å². The number of hydrogen-bond donors (Lipinski definition) is 3. The lowest BCUT2D eigenvalue weighted by Gasteiger charge is -2.14. The van der Waals surface area contributed by atoms with Crippen molar-refractivity contribution in [3.63, 3.8) is 0 Å². The van der Waals surface area contributed by atoms with Gasteiger partial charge in [0.2, 0.25) is 0 Å². The molecule has 0 unspecified atom stereocenters. The number of nitrogen functional groups attached to an aromatic ring is 1. The number of nitrogens with zero attached hydrogens (tertiary/aromatic N) is 3. The molecule has 2 aromatic heterocycles. The van der Waals surface area contributed by atoms with E-state index in [1.807, 2.05) is 13.8 Å². The fraction of sp³-hybridized carbons (Fsp3) is 0.273. The Kier molecular flexibility index (Phi) is 8.26. The number of rotatable bonds is 9. The van der Waals surface area contributed by atoms with Crippen molar-refractivity contribution in [2.75, 3.05) is 24.2 Å². The molecule has 4 N–H and O–H groups in total. The van der Waals surface area contributed by atoms with Crippen molar-refractivity contribution in [3.05, 3.63) is 68.4 Å². The molecule has 33 heavy (non-hydrogen) atoms. The number of ether oxygens (including phenoxy) is 1. The van der Waals surface area contributed by atoms with Gasteiger partial charge in [-0.1, -0.05) is 37.0 Å². The lowest BCUT2D eigenvalue weighted by molar-refractivity contribution is 0.102. The first kappa shape index (κ1) is 24.5. The van der Waals surface area contributed by atoms with Crippen LogP contribution >= 0.6 is 23.2 Å². The number of carbonyl (C=O) groups is 1. The van der Waals surface area contributed by atoms with Gasteiger partial charge in [0.25, 0.3) is 11.5 Å². The van der Waals surface area contributed by atoms with Crippen molar-refractivity contribution in [3.8, 4) is 11.4 Å². The lowest BCUT2D eigenvalue weighted by atomic mass is 10.2. The van der Waals surface area contributed by atoms with Gasteiger partial charge < -0.3 is 21.1 Å². The average molecular weight is 491 g/mol. The highest BCUT2D eigenvalue weighted by Crippen LogP contribution is 2.33. The van der Waals surface area contributed by atoms with Crippen LogP contribution in [-0.2, 0) is 6.54 Å². The van der Waals surface area contributed by atoms with Crippen LogP contribution in [0.15, 0.2) is 41.7 Å². The highest BCUT2D eigenvalue weighted by Gasteiger charge is 2.21. The standard InChI is InChI=1S/C22H24Cl2N6O3/c1-3-5-33-15-7-16(23)19(17(24)8-15)30-12-28-20(25)18(22(30)32)21(31)29-14-6-13(9-26-4-2)10-27-11-14/h6-8,10-12,26H,3-5,9,25H2,1-2H3,(H,29,31). The molecule has 174 valence electrons. The second-order valence-electron chi connectivity index (χ2n) is 7.08. The van der Waals surface area contributed by atoms with Gasteiger partial charge in [0.05, 0.1) is 34.2 Å². The first-order valence-corrected chi connectivity index (χ1v) is 11.1. The Morgan fingerprint density at radius 3 is 2.58 bits per heavy atom. The Bertz CT molecular complexity index is 1190. The number of nitrogens with one attached hydrogen (secondary N) is 2. The number of benzene rings is 1. The van der Waals surface area contributed by atoms with E-state index in [-0.39, 0.29) is 27.1 Å². The van der Waals surface area contributed by atoms with Crippen LogP contribution in [0.25, 0.3) is 5.69 Å². The molecule has 0 aliphatic rings. The first-order chi connectivity index (χ1) is 15.8. The zero-order valence-electron chi connectivity index (χ0n) is 18.2. The largest absolute Gasteiger partial charge is 0.493 e. The van der Waals surface area contributed by atoms with Crippen molar-refractivity contribution in [2.24, 2.45) is 0 Å². The van der Waals surface area contributed by atoms with Crippen molar-refractivity contribution in [1.29, 1.82) is 0 Å². The Labute approximate surface area is 200 Å². The first-order valence-electron chi connectivity index (χ1n) is 10.3. The van der Waals surface area contributed by atoms with E-state index in [9.17, 15) is 9.59 Å². The van der Waals surface area contributed by atoms with Gasteiger partial charge in [-0.25, -0.2) is 4.98 Å². The predicted molar refractivity (Wildman–Crippen MR) is 130 cm³/mol. The normalized spacial score (nSPS) is 10.8. The zero-order chi connectivity index (χ0) is 24.0. The van der Waals surface area contributed by atoms with Crippen LogP contribution in [0, 0.1) is 0 Å². The van der Waals surface area contributed by atoms with Gasteiger partial charge in [0, 0.05) is 24.9 Å². The average Bonchev–Trinajstić information content (AvgIpc) is 2.77. The number of anilines is 2. The molecule has 11 heteroatoms. The molecule has 0 fully saturated rings. The Balaban J connectivity index is 1.95. The van der Waals surface area contributed by atoms with Gasteiger partial charge in [-0.2, -0.15) is 0 Å². The van der Waals surface area contributed by atoms with E-state index in [1.54, 1.807) is 24.4 Å². The summed E-state index contributed by atoms with van der Waals surface area (Å²) in [5, 5.41) is 6.15. The molecule has 1 aromatic carbocycles. The maximum absolute atomic E-state index is 13.2. The number of pyridine rings is 1. The summed E-state index contributed by atoms with van der Waals surface area (Å²) in [6.45, 7) is 5.82. The van der Waals surface area contributed by atoms with E-state index in [2.05, 4.69) is 20.6 Å². The minimum absolute atomic E-state index is 0.161. The van der Waals surface area contributed by atoms with Crippen LogP contribution in [0.2, 0.25) is 10.0 Å². The fourth-order valence-electron chi connectivity index (χ4n) is 3.03. The summed E-state index contributed by atoms with van der Waals surface area (Å²) in [6, 6.07) is 4.84. The minimum Gasteiger partial charge on any atom is -0.493 e. The van der Waals surface area contributed by atoms with Gasteiger partial charge >= 0.3 is 0 Å². The maximum atomic E-state index is 13.2. The molecule has 0 radical (unpaired) electrons. The quantitative estimate of drug-likeness (QED) is 0.417. The number of halogens is 2. The zero-order valence-corrected chi connectivity index (χ0v) is 19.7. The molecule has 0 saturated carbocycles. The monoisotopic (exact) mass is 490 g/mol. The van der Waals surface area contributed by atoms with Crippen molar-refractivity contribution < 1.29 is 9.53 Å². The van der Waals surface area contributed by atoms with Crippen molar-refractivity contribution in [1.82, 2.24) is 19.9 Å². The number of carbonyl (C=O) groups excluding carboxylic acids is 1. The number of aromatic nitrogens is 3. The van der Waals surface area contributed by atoms with Crippen LogP contribution in [0.3, 0.4) is 0 Å². The van der Waals surface area contributed by atoms with E-state index >= 15 is 0 Å². The molecule has 0 atom stereocenters. The van der Waals surface area contributed by atoms with Crippen LogP contribution in [0.5, 0.6) is 5.75 Å². The van der Waals surface area contributed by atoms with Crippen LogP contribution in [0.1, 0.15) is 36.2 Å². The molecule has 0 aliphatic heterocycles. The van der Waals surface area contributed by atoms with E-state index in [4.69, 9.17) is 33.7 Å². The van der Waals surface area contributed by atoms with Crippen molar-refractivity contribution >= 4 is 40.6 Å². The molecule has 1 amide bonds. The van der Waals surface area contributed by atoms with Crippen LogP contribution < -0.4 is 26.7 Å². The highest BCUT2D eigenvalue weighted by atomic mass is 35.5. The number of nitrogens with two attached hydrogens (primary N) is 1. The van der Waals surface area contributed by atoms with E-state index < -0.39 is 11.5 Å². The van der Waals surface area contributed by atoms with Gasteiger partial charge in [0.1, 0.15) is 23.5 Å². The van der Waals surface area contributed by atoms with Gasteiger partial charge in [-0.05, 0) is 24.6 Å². The van der Waals surface area contributed by atoms with Crippen LogP contribution in [0.4, 0.5) is 11.5 Å². The summed E-state index contributed by atoms with van der Waals surface area (Å²) >= 11 is 12.8. The lowest BCUT2D eigenvalue weighted by Crippen LogP contribution is -2.31. The SMILES string of the molecule is CCCOc1cc(Cl)c(-n2cnc(N)c(C(=O)Nc3cncc(CNCC)c3)c2=O)c(Cl)c1. The Morgan fingerprint density at radius 2 is 1.91 bits per heavy atom. The molecule has 0 aliphatic carbocycles. The summed E-state index contributed by atoms with van der Waals surface area (Å²) in [4.78, 5) is 34.2. The summed E-state index contributed by atoms with van der Waals surface area (Å²) in [5.41, 5.74) is 6.27. The third-order valence-corrected chi connectivity index (χ3v) is 5.14.